The molecule has 5 heteroatoms. The van der Waals surface area contributed by atoms with Crippen LogP contribution in [0, 0.1) is 11.8 Å². The maximum atomic E-state index is 13.4. The predicted molar refractivity (Wildman–Crippen MR) is 137 cm³/mol. The van der Waals surface area contributed by atoms with Crippen molar-refractivity contribution in [3.8, 4) is 0 Å². The third-order valence-corrected chi connectivity index (χ3v) is 9.15. The van der Waals surface area contributed by atoms with Gasteiger partial charge in [-0.25, -0.2) is 0 Å². The Morgan fingerprint density at radius 1 is 0.758 bits per heavy atom. The quantitative estimate of drug-likeness (QED) is 0.400. The van der Waals surface area contributed by atoms with Gasteiger partial charge in [-0.2, -0.15) is 0 Å². The van der Waals surface area contributed by atoms with E-state index in [-0.39, 0.29) is 17.9 Å². The van der Waals surface area contributed by atoms with E-state index in [1.807, 2.05) is 92.7 Å². The Morgan fingerprint density at radius 3 is 1.64 bits per heavy atom. The van der Waals surface area contributed by atoms with Crippen molar-refractivity contribution in [2.24, 2.45) is 11.8 Å². The van der Waals surface area contributed by atoms with Crippen molar-refractivity contribution in [2.75, 3.05) is 0 Å². The first-order valence-electron chi connectivity index (χ1n) is 11.6. The molecule has 3 rings (SSSR count). The number of carbonyl (C=O) groups is 1. The zero-order valence-corrected chi connectivity index (χ0v) is 20.8. The number of carbonyl (C=O) groups excluding carboxylic acids is 1. The van der Waals surface area contributed by atoms with Crippen LogP contribution in [0.4, 0.5) is 0 Å². The molecule has 0 aliphatic heterocycles. The van der Waals surface area contributed by atoms with E-state index in [0.717, 1.165) is 10.6 Å². The molecule has 33 heavy (non-hydrogen) atoms. The molecule has 0 fully saturated rings. The van der Waals surface area contributed by atoms with Gasteiger partial charge >= 0.3 is 198 Å². The van der Waals surface area contributed by atoms with Crippen LogP contribution in [0.2, 0.25) is 0 Å². The molecule has 4 nitrogen and oxygen atoms in total. The molecule has 2 atom stereocenters. The van der Waals surface area contributed by atoms with Crippen LogP contribution in [0.1, 0.15) is 44.5 Å². The molecule has 3 aromatic rings. The van der Waals surface area contributed by atoms with Gasteiger partial charge in [0.2, 0.25) is 0 Å². The fraction of sp³-hybridized carbons (Fsp3) is 0.321. The summed E-state index contributed by atoms with van der Waals surface area (Å²) in [5.74, 6) is -0.193. The summed E-state index contributed by atoms with van der Waals surface area (Å²) in [6, 6.07) is 28.5. The maximum absolute atomic E-state index is 13.4. The number of hydrogen-bond acceptors (Lipinski definition) is 4. The van der Waals surface area contributed by atoms with E-state index in [9.17, 15) is 9.90 Å². The molecular weight excluding hydrogens is 431 g/mol. The molecule has 1 N–H and O–H groups in total. The van der Waals surface area contributed by atoms with Gasteiger partial charge in [0.25, 0.3) is 0 Å². The molecule has 0 aliphatic rings. The van der Waals surface area contributed by atoms with Gasteiger partial charge in [0.15, 0.2) is 0 Å². The summed E-state index contributed by atoms with van der Waals surface area (Å²) in [7, 11) is -3.48. The Kier molecular flexibility index (Phi) is 8.80. The summed E-state index contributed by atoms with van der Waals surface area (Å²) in [5, 5.41) is 12.4. The van der Waals surface area contributed by atoms with Gasteiger partial charge in [-0.3, -0.25) is 0 Å². The fourth-order valence-corrected chi connectivity index (χ4v) is 7.03. The van der Waals surface area contributed by atoms with Crippen LogP contribution in [-0.4, -0.2) is 23.3 Å². The summed E-state index contributed by atoms with van der Waals surface area (Å²) in [6.45, 7) is 8.14. The minimum absolute atomic E-state index is 0.103. The van der Waals surface area contributed by atoms with E-state index in [0.29, 0.717) is 12.0 Å². The zero-order valence-electron chi connectivity index (χ0n) is 19.8. The van der Waals surface area contributed by atoms with Gasteiger partial charge in [-0.15, -0.1) is 0 Å². The number of aliphatic hydroxyl groups excluding tert-OH is 1. The van der Waals surface area contributed by atoms with E-state index in [1.165, 1.54) is 0 Å². The molecule has 3 aromatic carbocycles. The normalized spacial score (nSPS) is 14.2. The minimum atomic E-state index is -3.48. The van der Waals surface area contributed by atoms with Gasteiger partial charge in [0, 0.05) is 0 Å². The van der Waals surface area contributed by atoms with Crippen LogP contribution in [0.3, 0.4) is 0 Å². The molecule has 0 spiro atoms. The Morgan fingerprint density at radius 2 is 1.21 bits per heavy atom. The van der Waals surface area contributed by atoms with Crippen LogP contribution in [0.25, 0.3) is 0 Å². The molecule has 0 radical (unpaired) electrons. The summed E-state index contributed by atoms with van der Waals surface area (Å²) in [5.41, 5.74) is 0.480. The first-order valence-corrected chi connectivity index (χ1v) is 13.4. The van der Waals surface area contributed by atoms with Crippen LogP contribution < -0.4 is 10.6 Å². The standard InChI is InChI=1S/C28H35O4P/c1-21(2)26(29)20-27(22(3)4)31-33(24-16-10-6-11-17-24,25-18-12-7-13-19-25)32-28(30)23-14-8-5-9-15-23/h5-19,21-22,26-27,29,33H,20H2,1-4H3. The van der Waals surface area contributed by atoms with Crippen molar-refractivity contribution in [3.63, 3.8) is 0 Å². The Labute approximate surface area is 198 Å². The van der Waals surface area contributed by atoms with E-state index >= 15 is 0 Å². The van der Waals surface area contributed by atoms with Crippen LogP contribution in [0.15, 0.2) is 91.0 Å². The summed E-state index contributed by atoms with van der Waals surface area (Å²) < 4.78 is 13.3. The monoisotopic (exact) mass is 466 g/mol. The average Bonchev–Trinajstić information content (AvgIpc) is 2.84. The van der Waals surface area contributed by atoms with E-state index in [2.05, 4.69) is 13.8 Å². The SMILES string of the molecule is CC(C)C(O)CC(O[PH](OC(=O)c1ccccc1)(c1ccccc1)c1ccccc1)C(C)C. The predicted octanol–water partition coefficient (Wildman–Crippen LogP) is 5.52. The van der Waals surface area contributed by atoms with Crippen molar-refractivity contribution in [3.05, 3.63) is 96.6 Å². The molecule has 0 saturated heterocycles. The van der Waals surface area contributed by atoms with Crippen molar-refractivity contribution in [2.45, 2.75) is 46.3 Å². The second-order valence-electron chi connectivity index (χ2n) is 9.05. The van der Waals surface area contributed by atoms with Gasteiger partial charge in [-0.05, 0) is 0 Å². The van der Waals surface area contributed by atoms with E-state index in [1.54, 1.807) is 12.1 Å². The molecule has 0 aromatic heterocycles. The third kappa shape index (κ3) is 6.29. The number of hydrogen-bond donors (Lipinski definition) is 1. The third-order valence-electron chi connectivity index (χ3n) is 5.86. The Hall–Kier alpha value is -2.52. The molecule has 0 heterocycles. The summed E-state index contributed by atoms with van der Waals surface area (Å²) in [6.07, 6.45) is -0.342. The molecule has 0 saturated carbocycles. The van der Waals surface area contributed by atoms with Gasteiger partial charge < -0.3 is 0 Å². The second-order valence-corrected chi connectivity index (χ2v) is 11.9. The zero-order chi connectivity index (χ0) is 23.8. The molecule has 0 amide bonds. The van der Waals surface area contributed by atoms with E-state index < -0.39 is 19.8 Å². The van der Waals surface area contributed by atoms with E-state index in [4.69, 9.17) is 9.05 Å². The van der Waals surface area contributed by atoms with Gasteiger partial charge in [0.1, 0.15) is 0 Å². The molecule has 2 unspecified atom stereocenters. The van der Waals surface area contributed by atoms with Gasteiger partial charge in [0.05, 0.1) is 0 Å². The Bertz CT molecular complexity index is 951. The van der Waals surface area contributed by atoms with Crippen LogP contribution >= 0.6 is 7.72 Å². The number of benzene rings is 3. The first-order chi connectivity index (χ1) is 15.8. The van der Waals surface area contributed by atoms with Crippen molar-refractivity contribution in [1.29, 1.82) is 0 Å². The fourth-order valence-electron chi connectivity index (χ4n) is 3.70. The van der Waals surface area contributed by atoms with Crippen molar-refractivity contribution < 1.29 is 18.9 Å². The molecule has 0 aliphatic carbocycles. The summed E-state index contributed by atoms with van der Waals surface area (Å²) >= 11 is 0. The van der Waals surface area contributed by atoms with Crippen LogP contribution in [-0.2, 0) is 9.05 Å². The molecular formula is C28H35O4P. The molecule has 176 valence electrons. The Balaban J connectivity index is 2.13. The van der Waals surface area contributed by atoms with Crippen LogP contribution in [0.5, 0.6) is 0 Å². The topological polar surface area (TPSA) is 55.8 Å². The summed E-state index contributed by atoms with van der Waals surface area (Å²) in [4.78, 5) is 13.4. The first kappa shape index (κ1) is 25.1. The second kappa shape index (κ2) is 11.6. The number of aliphatic hydroxyl groups is 1. The average molecular weight is 467 g/mol. The van der Waals surface area contributed by atoms with Gasteiger partial charge in [-0.1, -0.05) is 0 Å². The van der Waals surface area contributed by atoms with Crippen molar-refractivity contribution >= 4 is 24.3 Å². The molecule has 0 bridgehead atoms. The number of rotatable bonds is 10. The van der Waals surface area contributed by atoms with Crippen molar-refractivity contribution in [1.82, 2.24) is 0 Å².